The quantitative estimate of drug-likeness (QED) is 0.417. The summed E-state index contributed by atoms with van der Waals surface area (Å²) in [6, 6.07) is 17.5. The van der Waals surface area contributed by atoms with Crippen LogP contribution in [0.15, 0.2) is 77.7 Å². The van der Waals surface area contributed by atoms with E-state index in [2.05, 4.69) is 14.8 Å². The van der Waals surface area contributed by atoms with Gasteiger partial charge >= 0.3 is 0 Å². The number of sulfonamides is 2. The number of amides is 1. The van der Waals surface area contributed by atoms with Crippen LogP contribution in [0, 0.1) is 0 Å². The first kappa shape index (κ1) is 24.0. The number of rotatable bonds is 8. The molecule has 0 atom stereocenters. The van der Waals surface area contributed by atoms with Gasteiger partial charge in [0.05, 0.1) is 16.8 Å². The topological polar surface area (TPSA) is 139 Å². The normalized spacial score (nSPS) is 11.5. The van der Waals surface area contributed by atoms with Gasteiger partial charge in [-0.15, -0.1) is 0 Å². The highest BCUT2D eigenvalue weighted by Crippen LogP contribution is 2.20. The highest BCUT2D eigenvalue weighted by atomic mass is 32.2. The van der Waals surface area contributed by atoms with Gasteiger partial charge < -0.3 is 5.32 Å². The smallest absolute Gasteiger partial charge is 0.261 e. The SMILES string of the molecule is CC(=O)c1ccc(S(=O)(=O)Nc2ccc(C(=O)Nc3cccc(NS(C)(=O)=O)c3)cc2)cc1. The van der Waals surface area contributed by atoms with Gasteiger partial charge in [-0.05, 0) is 61.5 Å². The van der Waals surface area contributed by atoms with E-state index in [1.807, 2.05) is 0 Å². The molecule has 3 aromatic rings. The summed E-state index contributed by atoms with van der Waals surface area (Å²) >= 11 is 0. The average molecular weight is 488 g/mol. The Morgan fingerprint density at radius 3 is 1.85 bits per heavy atom. The van der Waals surface area contributed by atoms with Crippen molar-refractivity contribution in [3.8, 4) is 0 Å². The molecule has 3 N–H and O–H groups in total. The number of carbonyl (C=O) groups is 2. The van der Waals surface area contributed by atoms with Crippen molar-refractivity contribution < 1.29 is 26.4 Å². The van der Waals surface area contributed by atoms with Crippen LogP contribution < -0.4 is 14.8 Å². The fourth-order valence-corrected chi connectivity index (χ4v) is 4.46. The van der Waals surface area contributed by atoms with Gasteiger partial charge in [0, 0.05) is 22.5 Å². The number of anilines is 3. The molecular formula is C22H21N3O6S2. The number of benzene rings is 3. The standard InChI is InChI=1S/C22H21N3O6S2/c1-15(26)16-8-12-21(13-9-16)33(30,31)25-18-10-6-17(7-11-18)22(27)23-19-4-3-5-20(14-19)24-32(2,28)29/h3-14,24-25H,1-2H3,(H,23,27). The van der Waals surface area contributed by atoms with Crippen LogP contribution in [0.1, 0.15) is 27.6 Å². The molecule has 0 aliphatic carbocycles. The number of carbonyl (C=O) groups excluding carboxylic acids is 2. The first-order valence-corrected chi connectivity index (χ1v) is 12.9. The van der Waals surface area contributed by atoms with E-state index >= 15 is 0 Å². The molecular weight excluding hydrogens is 466 g/mol. The lowest BCUT2D eigenvalue weighted by Gasteiger charge is -2.10. The van der Waals surface area contributed by atoms with Crippen molar-refractivity contribution in [2.75, 3.05) is 21.0 Å². The number of Topliss-reactive ketones (excluding diaryl/α,β-unsaturated/α-hetero) is 1. The molecule has 0 fully saturated rings. The molecule has 9 nitrogen and oxygen atoms in total. The summed E-state index contributed by atoms with van der Waals surface area (Å²) in [7, 11) is -7.33. The van der Waals surface area contributed by atoms with Crippen molar-refractivity contribution in [1.82, 2.24) is 0 Å². The van der Waals surface area contributed by atoms with E-state index in [0.29, 0.717) is 16.9 Å². The van der Waals surface area contributed by atoms with Crippen LogP contribution in [-0.4, -0.2) is 34.8 Å². The highest BCUT2D eigenvalue weighted by molar-refractivity contribution is 7.92. The van der Waals surface area contributed by atoms with Crippen LogP contribution in [0.25, 0.3) is 0 Å². The monoisotopic (exact) mass is 487 g/mol. The number of hydrogen-bond donors (Lipinski definition) is 3. The fraction of sp³-hybridized carbons (Fsp3) is 0.0909. The van der Waals surface area contributed by atoms with E-state index in [0.717, 1.165) is 6.26 Å². The van der Waals surface area contributed by atoms with Crippen molar-refractivity contribution in [3.63, 3.8) is 0 Å². The van der Waals surface area contributed by atoms with E-state index in [1.165, 1.54) is 61.5 Å². The van der Waals surface area contributed by atoms with Gasteiger partial charge in [0.2, 0.25) is 10.0 Å². The molecule has 0 aliphatic rings. The van der Waals surface area contributed by atoms with Gasteiger partial charge in [0.1, 0.15) is 0 Å². The summed E-state index contributed by atoms with van der Waals surface area (Å²) in [5.41, 5.74) is 1.61. The lowest BCUT2D eigenvalue weighted by atomic mass is 10.2. The third-order valence-electron chi connectivity index (χ3n) is 4.39. The zero-order chi connectivity index (χ0) is 24.2. The van der Waals surface area contributed by atoms with Crippen LogP contribution >= 0.6 is 0 Å². The van der Waals surface area contributed by atoms with Gasteiger partial charge in [-0.25, -0.2) is 16.8 Å². The maximum atomic E-state index is 12.5. The zero-order valence-corrected chi connectivity index (χ0v) is 19.3. The Morgan fingerprint density at radius 1 is 0.697 bits per heavy atom. The maximum absolute atomic E-state index is 12.5. The fourth-order valence-electron chi connectivity index (χ4n) is 2.85. The Balaban J connectivity index is 1.69. The number of nitrogens with one attached hydrogen (secondary N) is 3. The molecule has 3 rings (SSSR count). The summed E-state index contributed by atoms with van der Waals surface area (Å²) in [6.45, 7) is 1.39. The summed E-state index contributed by atoms with van der Waals surface area (Å²) in [4.78, 5) is 23.8. The highest BCUT2D eigenvalue weighted by Gasteiger charge is 2.15. The first-order valence-electron chi connectivity index (χ1n) is 9.56. The van der Waals surface area contributed by atoms with Gasteiger partial charge in [0.15, 0.2) is 5.78 Å². The van der Waals surface area contributed by atoms with Gasteiger partial charge in [0.25, 0.3) is 15.9 Å². The maximum Gasteiger partial charge on any atom is 0.261 e. The number of hydrogen-bond acceptors (Lipinski definition) is 6. The van der Waals surface area contributed by atoms with Crippen molar-refractivity contribution in [1.29, 1.82) is 0 Å². The lowest BCUT2D eigenvalue weighted by molar-refractivity contribution is 0.101. The Hall–Kier alpha value is -3.70. The predicted octanol–water partition coefficient (Wildman–Crippen LogP) is 3.31. The zero-order valence-electron chi connectivity index (χ0n) is 17.7. The van der Waals surface area contributed by atoms with Crippen LogP contribution in [0.3, 0.4) is 0 Å². The second-order valence-corrected chi connectivity index (χ2v) is 10.6. The van der Waals surface area contributed by atoms with E-state index in [-0.39, 0.29) is 21.9 Å². The minimum absolute atomic E-state index is 0.00287. The Morgan fingerprint density at radius 2 is 1.27 bits per heavy atom. The van der Waals surface area contributed by atoms with Crippen molar-refractivity contribution in [2.24, 2.45) is 0 Å². The van der Waals surface area contributed by atoms with Crippen LogP contribution in [0.5, 0.6) is 0 Å². The van der Waals surface area contributed by atoms with E-state index < -0.39 is 26.0 Å². The molecule has 33 heavy (non-hydrogen) atoms. The summed E-state index contributed by atoms with van der Waals surface area (Å²) < 4.78 is 52.6. The van der Waals surface area contributed by atoms with Crippen molar-refractivity contribution in [3.05, 3.63) is 83.9 Å². The largest absolute Gasteiger partial charge is 0.322 e. The van der Waals surface area contributed by atoms with Gasteiger partial charge in [-0.1, -0.05) is 18.2 Å². The summed E-state index contributed by atoms with van der Waals surface area (Å²) in [5.74, 6) is -0.625. The lowest BCUT2D eigenvalue weighted by Crippen LogP contribution is -2.14. The Labute approximate surface area is 191 Å². The Bertz CT molecular complexity index is 1400. The first-order chi connectivity index (χ1) is 15.4. The minimum atomic E-state index is -3.88. The van der Waals surface area contributed by atoms with E-state index in [9.17, 15) is 26.4 Å². The van der Waals surface area contributed by atoms with E-state index in [4.69, 9.17) is 0 Å². The van der Waals surface area contributed by atoms with Crippen LogP contribution in [-0.2, 0) is 20.0 Å². The minimum Gasteiger partial charge on any atom is -0.322 e. The average Bonchev–Trinajstić information content (AvgIpc) is 2.73. The van der Waals surface area contributed by atoms with Crippen molar-refractivity contribution in [2.45, 2.75) is 11.8 Å². The second kappa shape index (κ2) is 9.43. The molecule has 0 unspecified atom stereocenters. The second-order valence-electron chi connectivity index (χ2n) is 7.17. The molecule has 3 aromatic carbocycles. The third-order valence-corrected chi connectivity index (χ3v) is 6.40. The molecule has 1 amide bonds. The summed E-state index contributed by atoms with van der Waals surface area (Å²) in [6.07, 6.45) is 1.02. The molecule has 0 bridgehead atoms. The molecule has 0 radical (unpaired) electrons. The van der Waals surface area contributed by atoms with Gasteiger partial charge in [-0.2, -0.15) is 0 Å². The molecule has 0 saturated carbocycles. The molecule has 0 aromatic heterocycles. The molecule has 0 heterocycles. The third kappa shape index (κ3) is 6.64. The molecule has 0 saturated heterocycles. The molecule has 11 heteroatoms. The van der Waals surface area contributed by atoms with Crippen LogP contribution in [0.4, 0.5) is 17.1 Å². The molecule has 0 spiro atoms. The predicted molar refractivity (Wildman–Crippen MR) is 127 cm³/mol. The van der Waals surface area contributed by atoms with E-state index in [1.54, 1.807) is 18.2 Å². The van der Waals surface area contributed by atoms with Crippen molar-refractivity contribution >= 4 is 48.8 Å². The number of ketones is 1. The van der Waals surface area contributed by atoms with Crippen LogP contribution in [0.2, 0.25) is 0 Å². The Kier molecular flexibility index (Phi) is 6.84. The van der Waals surface area contributed by atoms with Gasteiger partial charge in [-0.3, -0.25) is 19.0 Å². The summed E-state index contributed by atoms with van der Waals surface area (Å²) in [5, 5.41) is 2.65. The molecule has 172 valence electrons. The molecule has 0 aliphatic heterocycles.